The Balaban J connectivity index is 2.35. The predicted molar refractivity (Wildman–Crippen MR) is 84.8 cm³/mol. The molecule has 118 valence electrons. The van der Waals surface area contributed by atoms with Crippen molar-refractivity contribution in [1.29, 1.82) is 0 Å². The van der Waals surface area contributed by atoms with E-state index in [1.165, 1.54) is 0 Å². The Bertz CT molecular complexity index is 402. The van der Waals surface area contributed by atoms with Crippen molar-refractivity contribution in [3.05, 3.63) is 24.3 Å². The van der Waals surface area contributed by atoms with Gasteiger partial charge in [0.25, 0.3) is 0 Å². The van der Waals surface area contributed by atoms with E-state index in [0.29, 0.717) is 26.4 Å². The van der Waals surface area contributed by atoms with Crippen molar-refractivity contribution in [2.24, 2.45) is 0 Å². The van der Waals surface area contributed by atoms with Crippen LogP contribution in [0, 0.1) is 0 Å². The van der Waals surface area contributed by atoms with Gasteiger partial charge in [-0.05, 0) is 45.0 Å². The molecule has 0 saturated heterocycles. The number of rotatable bonds is 10. The largest absolute Gasteiger partial charge is 0.491 e. The maximum atomic E-state index is 11.9. The number of hydrogen-bond acceptors (Lipinski definition) is 4. The summed E-state index contributed by atoms with van der Waals surface area (Å²) in [4.78, 5) is 13.7. The molecule has 0 aromatic heterocycles. The lowest BCUT2D eigenvalue weighted by Crippen LogP contribution is -2.35. The summed E-state index contributed by atoms with van der Waals surface area (Å²) in [6, 6.07) is 7.59. The quantitative estimate of drug-likeness (QED) is 0.673. The van der Waals surface area contributed by atoms with Crippen LogP contribution in [-0.2, 0) is 9.53 Å². The first-order valence-corrected chi connectivity index (χ1v) is 7.53. The summed E-state index contributed by atoms with van der Waals surface area (Å²) in [6.07, 6.45) is 0. The number of benzene rings is 1. The zero-order chi connectivity index (χ0) is 15.5. The van der Waals surface area contributed by atoms with Crippen LogP contribution in [0.2, 0.25) is 0 Å². The fourth-order valence-electron chi connectivity index (χ4n) is 1.90. The summed E-state index contributed by atoms with van der Waals surface area (Å²) in [6.45, 7) is 9.55. The fourth-order valence-corrected chi connectivity index (χ4v) is 1.90. The molecule has 0 saturated carbocycles. The zero-order valence-electron chi connectivity index (χ0n) is 13.2. The lowest BCUT2D eigenvalue weighted by atomic mass is 10.3. The van der Waals surface area contributed by atoms with Crippen molar-refractivity contribution in [1.82, 2.24) is 4.90 Å². The molecule has 1 rings (SSSR count). The van der Waals surface area contributed by atoms with Gasteiger partial charge in [0.15, 0.2) is 0 Å². The Hall–Kier alpha value is -1.75. The van der Waals surface area contributed by atoms with Crippen LogP contribution in [-0.4, -0.2) is 50.3 Å². The number of hydrogen-bond donors (Lipinski definition) is 1. The van der Waals surface area contributed by atoms with Gasteiger partial charge in [0, 0.05) is 25.4 Å². The third kappa shape index (κ3) is 6.49. The van der Waals surface area contributed by atoms with Gasteiger partial charge in [-0.1, -0.05) is 0 Å². The fraction of sp³-hybridized carbons (Fsp3) is 0.562. The van der Waals surface area contributed by atoms with Gasteiger partial charge < -0.3 is 19.7 Å². The van der Waals surface area contributed by atoms with Crippen molar-refractivity contribution < 1.29 is 14.3 Å². The minimum atomic E-state index is 0.108. The topological polar surface area (TPSA) is 50.8 Å². The van der Waals surface area contributed by atoms with Gasteiger partial charge in [0.2, 0.25) is 5.91 Å². The number of ether oxygens (including phenoxy) is 2. The Morgan fingerprint density at radius 2 is 1.76 bits per heavy atom. The molecule has 0 unspecified atom stereocenters. The minimum Gasteiger partial charge on any atom is -0.491 e. The van der Waals surface area contributed by atoms with E-state index in [9.17, 15) is 4.79 Å². The number of anilines is 1. The highest BCUT2D eigenvalue weighted by Crippen LogP contribution is 2.15. The van der Waals surface area contributed by atoms with Gasteiger partial charge in [0.05, 0.1) is 13.2 Å². The molecular formula is C16H26N2O3. The first-order valence-electron chi connectivity index (χ1n) is 7.53. The van der Waals surface area contributed by atoms with Crippen molar-refractivity contribution in [3.8, 4) is 5.75 Å². The molecule has 1 amide bonds. The van der Waals surface area contributed by atoms with Gasteiger partial charge in [0.1, 0.15) is 12.4 Å². The van der Waals surface area contributed by atoms with Gasteiger partial charge in [-0.25, -0.2) is 0 Å². The Kier molecular flexibility index (Phi) is 8.28. The number of carbonyl (C=O) groups is 1. The number of amides is 1. The zero-order valence-corrected chi connectivity index (χ0v) is 13.2. The summed E-state index contributed by atoms with van der Waals surface area (Å²) in [5.74, 6) is 0.910. The second-order valence-corrected chi connectivity index (χ2v) is 4.49. The molecule has 0 bridgehead atoms. The average molecular weight is 294 g/mol. The smallest absolute Gasteiger partial charge is 0.241 e. The second-order valence-electron chi connectivity index (χ2n) is 4.49. The normalized spacial score (nSPS) is 10.2. The van der Waals surface area contributed by atoms with E-state index in [4.69, 9.17) is 9.47 Å². The van der Waals surface area contributed by atoms with E-state index in [1.54, 1.807) is 4.90 Å². The van der Waals surface area contributed by atoms with Crippen molar-refractivity contribution in [2.45, 2.75) is 20.8 Å². The summed E-state index contributed by atoms with van der Waals surface area (Å²) in [7, 11) is 0. The highest BCUT2D eigenvalue weighted by molar-refractivity contribution is 5.80. The molecule has 1 aromatic rings. The molecule has 0 aliphatic carbocycles. The predicted octanol–water partition coefficient (Wildman–Crippen LogP) is 2.38. The van der Waals surface area contributed by atoms with Crippen LogP contribution in [0.3, 0.4) is 0 Å². The highest BCUT2D eigenvalue weighted by Gasteiger charge is 2.08. The standard InChI is InChI=1S/C16H26N2O3/c1-4-18(5-2)16(19)13-17-14-7-9-15(10-8-14)21-12-11-20-6-3/h7-10,17H,4-6,11-13H2,1-3H3. The summed E-state index contributed by atoms with van der Waals surface area (Å²) < 4.78 is 10.7. The number of likely N-dealkylation sites (N-methyl/N-ethyl adjacent to an activating group) is 1. The van der Waals surface area contributed by atoms with Gasteiger partial charge >= 0.3 is 0 Å². The van der Waals surface area contributed by atoms with E-state index in [-0.39, 0.29) is 5.91 Å². The lowest BCUT2D eigenvalue weighted by molar-refractivity contribution is -0.128. The first-order chi connectivity index (χ1) is 10.2. The third-order valence-electron chi connectivity index (χ3n) is 3.11. The van der Waals surface area contributed by atoms with Gasteiger partial charge in [-0.3, -0.25) is 4.79 Å². The summed E-state index contributed by atoms with van der Waals surface area (Å²) in [5, 5.41) is 3.13. The number of nitrogens with zero attached hydrogens (tertiary/aromatic N) is 1. The SMILES string of the molecule is CCOCCOc1ccc(NCC(=O)N(CC)CC)cc1. The van der Waals surface area contributed by atoms with Crippen LogP contribution in [0.5, 0.6) is 5.75 Å². The molecule has 0 heterocycles. The monoisotopic (exact) mass is 294 g/mol. The van der Waals surface area contributed by atoms with Crippen molar-refractivity contribution in [2.75, 3.05) is 44.8 Å². The highest BCUT2D eigenvalue weighted by atomic mass is 16.5. The van der Waals surface area contributed by atoms with Crippen LogP contribution in [0.25, 0.3) is 0 Å². The molecule has 5 nitrogen and oxygen atoms in total. The van der Waals surface area contributed by atoms with Crippen LogP contribution < -0.4 is 10.1 Å². The molecule has 0 atom stereocenters. The van der Waals surface area contributed by atoms with Crippen molar-refractivity contribution in [3.63, 3.8) is 0 Å². The maximum absolute atomic E-state index is 11.9. The molecule has 0 spiro atoms. The van der Waals surface area contributed by atoms with Crippen LogP contribution in [0.4, 0.5) is 5.69 Å². The summed E-state index contributed by atoms with van der Waals surface area (Å²) in [5.41, 5.74) is 0.910. The number of carbonyl (C=O) groups excluding carboxylic acids is 1. The first kappa shape index (κ1) is 17.3. The van der Waals surface area contributed by atoms with E-state index in [0.717, 1.165) is 24.5 Å². The minimum absolute atomic E-state index is 0.108. The van der Waals surface area contributed by atoms with Crippen LogP contribution >= 0.6 is 0 Å². The maximum Gasteiger partial charge on any atom is 0.241 e. The van der Waals surface area contributed by atoms with E-state index >= 15 is 0 Å². The molecule has 1 N–H and O–H groups in total. The van der Waals surface area contributed by atoms with Crippen LogP contribution in [0.1, 0.15) is 20.8 Å². The molecular weight excluding hydrogens is 268 g/mol. The Labute approximate surface area is 127 Å². The molecule has 0 radical (unpaired) electrons. The third-order valence-corrected chi connectivity index (χ3v) is 3.11. The Morgan fingerprint density at radius 3 is 2.33 bits per heavy atom. The lowest BCUT2D eigenvalue weighted by Gasteiger charge is -2.19. The molecule has 0 aliphatic rings. The Morgan fingerprint density at radius 1 is 1.10 bits per heavy atom. The van der Waals surface area contributed by atoms with Crippen molar-refractivity contribution >= 4 is 11.6 Å². The van der Waals surface area contributed by atoms with E-state index in [1.807, 2.05) is 45.0 Å². The van der Waals surface area contributed by atoms with Gasteiger partial charge in [-0.15, -0.1) is 0 Å². The molecule has 5 heteroatoms. The van der Waals surface area contributed by atoms with E-state index < -0.39 is 0 Å². The van der Waals surface area contributed by atoms with E-state index in [2.05, 4.69) is 5.32 Å². The number of nitrogens with one attached hydrogen (secondary N) is 1. The summed E-state index contributed by atoms with van der Waals surface area (Å²) >= 11 is 0. The molecule has 0 fully saturated rings. The molecule has 21 heavy (non-hydrogen) atoms. The molecule has 0 aliphatic heterocycles. The average Bonchev–Trinajstić information content (AvgIpc) is 2.52. The van der Waals surface area contributed by atoms with Gasteiger partial charge in [-0.2, -0.15) is 0 Å². The van der Waals surface area contributed by atoms with Crippen LogP contribution in [0.15, 0.2) is 24.3 Å². The molecule has 1 aromatic carbocycles. The second kappa shape index (κ2) is 10.0.